The van der Waals surface area contributed by atoms with E-state index in [2.05, 4.69) is 40.1 Å². The van der Waals surface area contributed by atoms with Crippen LogP contribution in [-0.4, -0.2) is 47.5 Å². The molecule has 1 amide bonds. The van der Waals surface area contributed by atoms with Crippen LogP contribution in [0, 0.1) is 13.8 Å². The van der Waals surface area contributed by atoms with Gasteiger partial charge in [0.25, 0.3) is 0 Å². The van der Waals surface area contributed by atoms with Crippen LogP contribution < -0.4 is 10.2 Å². The molecule has 1 aromatic carbocycles. The maximum absolute atomic E-state index is 10.8. The quantitative estimate of drug-likeness (QED) is 0.876. The van der Waals surface area contributed by atoms with Gasteiger partial charge >= 0.3 is 0 Å². The normalized spacial score (nSPS) is 14.7. The maximum Gasteiger partial charge on any atom is 0.209 e. The average molecular weight is 311 g/mol. The van der Waals surface area contributed by atoms with Gasteiger partial charge in [0.15, 0.2) is 0 Å². The highest BCUT2D eigenvalue weighted by molar-refractivity contribution is 5.64. The van der Waals surface area contributed by atoms with Gasteiger partial charge in [-0.05, 0) is 31.0 Å². The molecule has 6 nitrogen and oxygen atoms in total. The number of hydrogen-bond acceptors (Lipinski definition) is 5. The minimum atomic E-state index is 0.729. The summed E-state index contributed by atoms with van der Waals surface area (Å²) >= 11 is 0. The molecule has 0 saturated carbocycles. The smallest absolute Gasteiger partial charge is 0.209 e. The van der Waals surface area contributed by atoms with Crippen molar-refractivity contribution in [3.8, 4) is 0 Å². The maximum atomic E-state index is 10.8. The van der Waals surface area contributed by atoms with Crippen molar-refractivity contribution >= 4 is 23.7 Å². The Morgan fingerprint density at radius 3 is 2.65 bits per heavy atom. The van der Waals surface area contributed by atoms with Gasteiger partial charge in [-0.2, -0.15) is 0 Å². The van der Waals surface area contributed by atoms with Crippen molar-refractivity contribution in [1.82, 2.24) is 14.9 Å². The van der Waals surface area contributed by atoms with E-state index >= 15 is 0 Å². The monoisotopic (exact) mass is 311 g/mol. The summed E-state index contributed by atoms with van der Waals surface area (Å²) in [5.74, 6) is 1.67. The first kappa shape index (κ1) is 15.3. The van der Waals surface area contributed by atoms with Gasteiger partial charge in [0.2, 0.25) is 6.41 Å². The molecule has 23 heavy (non-hydrogen) atoms. The summed E-state index contributed by atoms with van der Waals surface area (Å²) in [5, 5.41) is 3.37. The Kier molecular flexibility index (Phi) is 4.41. The van der Waals surface area contributed by atoms with Crippen LogP contribution in [0.2, 0.25) is 0 Å². The molecule has 3 rings (SSSR count). The number of carbonyl (C=O) groups excluding carboxylic acids is 1. The van der Waals surface area contributed by atoms with E-state index in [1.165, 1.54) is 11.1 Å². The Labute approximate surface area is 136 Å². The lowest BCUT2D eigenvalue weighted by molar-refractivity contribution is -0.118. The molecule has 0 aliphatic carbocycles. The van der Waals surface area contributed by atoms with Crippen LogP contribution >= 0.6 is 0 Å². The minimum Gasteiger partial charge on any atom is -0.353 e. The number of nitrogens with zero attached hydrogens (tertiary/aromatic N) is 4. The van der Waals surface area contributed by atoms with Gasteiger partial charge in [-0.15, -0.1) is 0 Å². The first-order chi connectivity index (χ1) is 11.2. The summed E-state index contributed by atoms with van der Waals surface area (Å²) in [6, 6.07) is 8.13. The number of carbonyl (C=O) groups is 1. The highest BCUT2D eigenvalue weighted by atomic mass is 16.1. The van der Waals surface area contributed by atoms with Crippen LogP contribution in [-0.2, 0) is 4.79 Å². The SMILES string of the molecule is Cc1cccc(Nc2cc(N3CCN(C=O)CC3)ncn2)c1C. The van der Waals surface area contributed by atoms with E-state index in [0.29, 0.717) is 0 Å². The number of nitrogens with one attached hydrogen (secondary N) is 1. The zero-order chi connectivity index (χ0) is 16.2. The third-order valence-corrected chi connectivity index (χ3v) is 4.31. The van der Waals surface area contributed by atoms with Gasteiger partial charge in [0.1, 0.15) is 18.0 Å². The molecule has 0 unspecified atom stereocenters. The van der Waals surface area contributed by atoms with E-state index in [-0.39, 0.29) is 0 Å². The second-order valence-corrected chi connectivity index (χ2v) is 5.76. The van der Waals surface area contributed by atoms with E-state index in [0.717, 1.165) is 49.9 Å². The molecular formula is C17H21N5O. The molecule has 1 aliphatic rings. The van der Waals surface area contributed by atoms with Crippen molar-refractivity contribution < 1.29 is 4.79 Å². The second kappa shape index (κ2) is 6.64. The lowest BCUT2D eigenvalue weighted by Crippen LogP contribution is -2.46. The van der Waals surface area contributed by atoms with Crippen molar-refractivity contribution in [3.05, 3.63) is 41.7 Å². The molecular weight excluding hydrogens is 290 g/mol. The van der Waals surface area contributed by atoms with Gasteiger partial charge < -0.3 is 15.1 Å². The van der Waals surface area contributed by atoms with Crippen LogP contribution in [0.15, 0.2) is 30.6 Å². The second-order valence-electron chi connectivity index (χ2n) is 5.76. The first-order valence-corrected chi connectivity index (χ1v) is 7.77. The van der Waals surface area contributed by atoms with Gasteiger partial charge in [-0.25, -0.2) is 9.97 Å². The van der Waals surface area contributed by atoms with Crippen LogP contribution in [0.4, 0.5) is 17.3 Å². The highest BCUT2D eigenvalue weighted by Crippen LogP contribution is 2.23. The highest BCUT2D eigenvalue weighted by Gasteiger charge is 2.17. The molecule has 0 atom stereocenters. The van der Waals surface area contributed by atoms with E-state index in [1.54, 1.807) is 11.2 Å². The lowest BCUT2D eigenvalue weighted by atomic mass is 10.1. The van der Waals surface area contributed by atoms with E-state index in [1.807, 2.05) is 18.2 Å². The van der Waals surface area contributed by atoms with Crippen LogP contribution in [0.1, 0.15) is 11.1 Å². The molecule has 1 aliphatic heterocycles. The van der Waals surface area contributed by atoms with Crippen LogP contribution in [0.25, 0.3) is 0 Å². The minimum absolute atomic E-state index is 0.729. The summed E-state index contributed by atoms with van der Waals surface area (Å²) in [7, 11) is 0. The molecule has 0 spiro atoms. The summed E-state index contributed by atoms with van der Waals surface area (Å²) in [4.78, 5) is 23.4. The number of aromatic nitrogens is 2. The zero-order valence-corrected chi connectivity index (χ0v) is 13.5. The van der Waals surface area contributed by atoms with Crippen LogP contribution in [0.5, 0.6) is 0 Å². The van der Waals surface area contributed by atoms with Crippen LogP contribution in [0.3, 0.4) is 0 Å². The molecule has 2 aromatic rings. The molecule has 1 saturated heterocycles. The number of piperazine rings is 1. The summed E-state index contributed by atoms with van der Waals surface area (Å²) < 4.78 is 0. The number of rotatable bonds is 4. The van der Waals surface area contributed by atoms with Gasteiger partial charge in [-0.1, -0.05) is 12.1 Å². The van der Waals surface area contributed by atoms with Crippen molar-refractivity contribution in [1.29, 1.82) is 0 Å². The fourth-order valence-electron chi connectivity index (χ4n) is 2.67. The predicted octanol–water partition coefficient (Wildman–Crippen LogP) is 2.12. The average Bonchev–Trinajstić information content (AvgIpc) is 2.59. The Hall–Kier alpha value is -2.63. The van der Waals surface area contributed by atoms with Gasteiger partial charge in [-0.3, -0.25) is 4.79 Å². The Morgan fingerprint density at radius 1 is 1.13 bits per heavy atom. The van der Waals surface area contributed by atoms with Crippen molar-refractivity contribution in [3.63, 3.8) is 0 Å². The lowest BCUT2D eigenvalue weighted by Gasteiger charge is -2.33. The number of aryl methyl sites for hydroxylation is 1. The first-order valence-electron chi connectivity index (χ1n) is 7.77. The molecule has 2 heterocycles. The van der Waals surface area contributed by atoms with Gasteiger partial charge in [0.05, 0.1) is 0 Å². The topological polar surface area (TPSA) is 61.4 Å². The van der Waals surface area contributed by atoms with Crippen molar-refractivity contribution in [2.24, 2.45) is 0 Å². The molecule has 1 aromatic heterocycles. The molecule has 0 radical (unpaired) electrons. The number of benzene rings is 1. The van der Waals surface area contributed by atoms with E-state index in [4.69, 9.17) is 0 Å². The molecule has 0 bridgehead atoms. The van der Waals surface area contributed by atoms with Crippen molar-refractivity contribution in [2.45, 2.75) is 13.8 Å². The molecule has 1 N–H and O–H groups in total. The molecule has 1 fully saturated rings. The molecule has 6 heteroatoms. The Morgan fingerprint density at radius 2 is 1.91 bits per heavy atom. The van der Waals surface area contributed by atoms with E-state index in [9.17, 15) is 4.79 Å². The number of hydrogen-bond donors (Lipinski definition) is 1. The summed E-state index contributed by atoms with van der Waals surface area (Å²) in [6.07, 6.45) is 2.49. The number of amides is 1. The summed E-state index contributed by atoms with van der Waals surface area (Å²) in [6.45, 7) is 7.23. The third-order valence-electron chi connectivity index (χ3n) is 4.31. The Bertz CT molecular complexity index is 695. The fourth-order valence-corrected chi connectivity index (χ4v) is 2.67. The third kappa shape index (κ3) is 3.41. The molecule has 120 valence electrons. The summed E-state index contributed by atoms with van der Waals surface area (Å²) in [5.41, 5.74) is 3.52. The van der Waals surface area contributed by atoms with E-state index < -0.39 is 0 Å². The van der Waals surface area contributed by atoms with Gasteiger partial charge in [0, 0.05) is 37.9 Å². The predicted molar refractivity (Wildman–Crippen MR) is 91.1 cm³/mol. The largest absolute Gasteiger partial charge is 0.353 e. The Balaban J connectivity index is 1.75. The fraction of sp³-hybridized carbons (Fsp3) is 0.353. The zero-order valence-electron chi connectivity index (χ0n) is 13.5. The standard InChI is InChI=1S/C17H21N5O/c1-13-4-3-5-15(14(13)2)20-16-10-17(19-11-18-16)22-8-6-21(12-23)7-9-22/h3-5,10-12H,6-9H2,1-2H3,(H,18,19,20). The number of anilines is 3. The van der Waals surface area contributed by atoms with Crippen molar-refractivity contribution in [2.75, 3.05) is 36.4 Å².